The fourth-order valence-electron chi connectivity index (χ4n) is 1.72. The van der Waals surface area contributed by atoms with Gasteiger partial charge in [-0.1, -0.05) is 17.4 Å². The lowest BCUT2D eigenvalue weighted by atomic mass is 10.2. The molecule has 2 rings (SSSR count). The second-order valence-corrected chi connectivity index (χ2v) is 4.95. The largest absolute Gasteiger partial charge is 0.487 e. The quantitative estimate of drug-likeness (QED) is 0.645. The first kappa shape index (κ1) is 14.4. The van der Waals surface area contributed by atoms with Crippen molar-refractivity contribution >= 4 is 17.0 Å². The van der Waals surface area contributed by atoms with Gasteiger partial charge >= 0.3 is 5.69 Å². The first-order valence-electron chi connectivity index (χ1n) is 6.10. The summed E-state index contributed by atoms with van der Waals surface area (Å²) in [6.45, 7) is 2.61. The smallest absolute Gasteiger partial charge is 0.311 e. The molecule has 0 bridgehead atoms. The van der Waals surface area contributed by atoms with Gasteiger partial charge in [0.1, 0.15) is 5.01 Å². The van der Waals surface area contributed by atoms with Gasteiger partial charge in [0.15, 0.2) is 5.01 Å². The zero-order valence-electron chi connectivity index (χ0n) is 10.9. The van der Waals surface area contributed by atoms with E-state index in [1.165, 1.54) is 17.4 Å². The molecule has 0 aliphatic heterocycles. The van der Waals surface area contributed by atoms with Crippen LogP contribution in [-0.4, -0.2) is 28.3 Å². The molecule has 0 fully saturated rings. The minimum absolute atomic E-state index is 0.0695. The van der Waals surface area contributed by atoms with Gasteiger partial charge in [-0.25, -0.2) is 0 Å². The minimum Gasteiger partial charge on any atom is -0.487 e. The molecule has 0 saturated heterocycles. The Hall–Kier alpha value is -2.06. The summed E-state index contributed by atoms with van der Waals surface area (Å²) in [5.74, 6) is 0.232. The van der Waals surface area contributed by atoms with E-state index in [-0.39, 0.29) is 11.4 Å². The van der Waals surface area contributed by atoms with Crippen LogP contribution in [0.4, 0.5) is 5.69 Å². The Morgan fingerprint density at radius 3 is 2.90 bits per heavy atom. The van der Waals surface area contributed by atoms with Gasteiger partial charge in [-0.2, -0.15) is 0 Å². The monoisotopic (exact) mass is 294 g/mol. The van der Waals surface area contributed by atoms with Crippen LogP contribution in [-0.2, 0) is 6.42 Å². The van der Waals surface area contributed by atoms with Crippen LogP contribution in [0.3, 0.4) is 0 Å². The number of nitro groups is 1. The molecular weight excluding hydrogens is 280 g/mol. The molecule has 2 N–H and O–H groups in total. The van der Waals surface area contributed by atoms with E-state index in [0.717, 1.165) is 5.01 Å². The maximum atomic E-state index is 11.1. The molecule has 0 aliphatic rings. The van der Waals surface area contributed by atoms with Crippen LogP contribution in [0, 0.1) is 10.1 Å². The van der Waals surface area contributed by atoms with Crippen molar-refractivity contribution in [3.8, 4) is 16.3 Å². The van der Waals surface area contributed by atoms with Crippen molar-refractivity contribution in [1.82, 2.24) is 10.2 Å². The predicted molar refractivity (Wildman–Crippen MR) is 75.9 cm³/mol. The molecule has 0 radical (unpaired) electrons. The van der Waals surface area contributed by atoms with Crippen LogP contribution in [0.1, 0.15) is 11.9 Å². The molecular formula is C12H14N4O3S. The van der Waals surface area contributed by atoms with E-state index >= 15 is 0 Å². The number of nitrogens with zero attached hydrogens (tertiary/aromatic N) is 3. The molecule has 0 spiro atoms. The molecule has 0 unspecified atom stereocenters. The fourth-order valence-corrected chi connectivity index (χ4v) is 2.60. The Balaban J connectivity index is 2.48. The molecule has 0 saturated carbocycles. The number of hydrogen-bond donors (Lipinski definition) is 1. The molecule has 1 heterocycles. The van der Waals surface area contributed by atoms with Crippen LogP contribution in [0.2, 0.25) is 0 Å². The summed E-state index contributed by atoms with van der Waals surface area (Å²) in [6.07, 6.45) is 0.635. The summed E-state index contributed by atoms with van der Waals surface area (Å²) in [4.78, 5) is 10.6. The van der Waals surface area contributed by atoms with Crippen molar-refractivity contribution in [3.05, 3.63) is 33.3 Å². The Labute approximate surface area is 119 Å². The highest BCUT2D eigenvalue weighted by molar-refractivity contribution is 7.14. The lowest BCUT2D eigenvalue weighted by molar-refractivity contribution is -0.385. The average molecular weight is 294 g/mol. The van der Waals surface area contributed by atoms with Crippen LogP contribution >= 0.6 is 11.3 Å². The van der Waals surface area contributed by atoms with Crippen LogP contribution in [0.5, 0.6) is 5.75 Å². The van der Waals surface area contributed by atoms with Gasteiger partial charge in [0.05, 0.1) is 17.1 Å². The molecule has 106 valence electrons. The summed E-state index contributed by atoms with van der Waals surface area (Å²) in [6, 6.07) is 4.76. The molecule has 1 aromatic carbocycles. The van der Waals surface area contributed by atoms with E-state index in [9.17, 15) is 10.1 Å². The average Bonchev–Trinajstić information content (AvgIpc) is 2.88. The second kappa shape index (κ2) is 6.40. The third kappa shape index (κ3) is 2.91. The number of para-hydroxylation sites is 1. The zero-order valence-corrected chi connectivity index (χ0v) is 11.7. The Morgan fingerprint density at radius 1 is 1.45 bits per heavy atom. The van der Waals surface area contributed by atoms with E-state index in [4.69, 9.17) is 10.5 Å². The number of nitro benzene ring substituents is 1. The molecule has 0 amide bonds. The van der Waals surface area contributed by atoms with Crippen molar-refractivity contribution in [2.75, 3.05) is 13.2 Å². The van der Waals surface area contributed by atoms with Crippen molar-refractivity contribution in [2.24, 2.45) is 5.73 Å². The van der Waals surface area contributed by atoms with Gasteiger partial charge in [-0.15, -0.1) is 10.2 Å². The second-order valence-electron chi connectivity index (χ2n) is 3.88. The predicted octanol–water partition coefficient (Wildman–Crippen LogP) is 2.01. The summed E-state index contributed by atoms with van der Waals surface area (Å²) in [7, 11) is 0. The molecule has 8 heteroatoms. The maximum Gasteiger partial charge on any atom is 0.311 e. The summed E-state index contributed by atoms with van der Waals surface area (Å²) >= 11 is 1.37. The number of nitrogens with two attached hydrogens (primary N) is 1. The third-order valence-electron chi connectivity index (χ3n) is 2.54. The number of hydrogen-bond acceptors (Lipinski definition) is 7. The van der Waals surface area contributed by atoms with E-state index in [2.05, 4.69) is 10.2 Å². The van der Waals surface area contributed by atoms with Crippen molar-refractivity contribution in [3.63, 3.8) is 0 Å². The topological polar surface area (TPSA) is 104 Å². The summed E-state index contributed by atoms with van der Waals surface area (Å²) in [5.41, 5.74) is 5.99. The highest BCUT2D eigenvalue weighted by Gasteiger charge is 2.21. The number of rotatable bonds is 6. The first-order chi connectivity index (χ1) is 9.67. The molecule has 0 aliphatic carbocycles. The molecule has 2 aromatic rings. The molecule has 20 heavy (non-hydrogen) atoms. The molecule has 0 atom stereocenters. The summed E-state index contributed by atoms with van der Waals surface area (Å²) < 4.78 is 5.43. The maximum absolute atomic E-state index is 11.1. The van der Waals surface area contributed by atoms with Gasteiger partial charge in [-0.05, 0) is 19.5 Å². The van der Waals surface area contributed by atoms with E-state index in [0.29, 0.717) is 30.1 Å². The number of ether oxygens (including phenoxy) is 1. The Morgan fingerprint density at radius 2 is 2.25 bits per heavy atom. The molecule has 7 nitrogen and oxygen atoms in total. The normalized spacial score (nSPS) is 10.5. The van der Waals surface area contributed by atoms with Gasteiger partial charge < -0.3 is 10.5 Å². The highest BCUT2D eigenvalue weighted by atomic mass is 32.1. The molecule has 1 aromatic heterocycles. The van der Waals surface area contributed by atoms with Gasteiger partial charge in [0.25, 0.3) is 0 Å². The van der Waals surface area contributed by atoms with Crippen LogP contribution < -0.4 is 10.5 Å². The van der Waals surface area contributed by atoms with Crippen LogP contribution in [0.15, 0.2) is 18.2 Å². The Bertz CT molecular complexity index is 614. The van der Waals surface area contributed by atoms with E-state index < -0.39 is 4.92 Å². The van der Waals surface area contributed by atoms with Crippen molar-refractivity contribution in [2.45, 2.75) is 13.3 Å². The van der Waals surface area contributed by atoms with Gasteiger partial charge in [-0.3, -0.25) is 10.1 Å². The summed E-state index contributed by atoms with van der Waals surface area (Å²) in [5, 5.41) is 20.5. The van der Waals surface area contributed by atoms with Gasteiger partial charge in [0.2, 0.25) is 5.75 Å². The van der Waals surface area contributed by atoms with E-state index in [1.807, 2.05) is 0 Å². The zero-order chi connectivity index (χ0) is 14.5. The third-order valence-corrected chi connectivity index (χ3v) is 3.55. The fraction of sp³-hybridized carbons (Fsp3) is 0.333. The number of aromatic nitrogens is 2. The lowest BCUT2D eigenvalue weighted by Gasteiger charge is -2.07. The minimum atomic E-state index is -0.462. The standard InChI is InChI=1S/C12H14N4O3S/c1-2-19-11-8(4-3-5-9(11)16(17)18)12-15-14-10(20-12)6-7-13/h3-5H,2,6-7,13H2,1H3. The van der Waals surface area contributed by atoms with Crippen LogP contribution in [0.25, 0.3) is 10.6 Å². The lowest BCUT2D eigenvalue weighted by Crippen LogP contribution is -2.01. The first-order valence-corrected chi connectivity index (χ1v) is 6.92. The SMILES string of the molecule is CCOc1c(-c2nnc(CCN)s2)cccc1[N+](=O)[O-]. The van der Waals surface area contributed by atoms with Crippen molar-refractivity contribution < 1.29 is 9.66 Å². The number of benzene rings is 1. The van der Waals surface area contributed by atoms with E-state index in [1.54, 1.807) is 19.1 Å². The van der Waals surface area contributed by atoms with Crippen molar-refractivity contribution in [1.29, 1.82) is 0 Å². The van der Waals surface area contributed by atoms with Gasteiger partial charge in [0, 0.05) is 12.5 Å². The Kier molecular flexibility index (Phi) is 4.59. The highest BCUT2D eigenvalue weighted by Crippen LogP contribution is 2.38.